The van der Waals surface area contributed by atoms with Crippen LogP contribution >= 0.6 is 0 Å². The summed E-state index contributed by atoms with van der Waals surface area (Å²) in [5.74, 6) is -0.901. The predicted molar refractivity (Wildman–Crippen MR) is 58.6 cm³/mol. The molecule has 18 heavy (non-hydrogen) atoms. The fourth-order valence-corrected chi connectivity index (χ4v) is 1.92. The summed E-state index contributed by atoms with van der Waals surface area (Å²) < 4.78 is 10.3. The van der Waals surface area contributed by atoms with Crippen molar-refractivity contribution in [1.82, 2.24) is 5.06 Å². The lowest BCUT2D eigenvalue weighted by atomic mass is 10.1. The molecule has 0 aliphatic carbocycles. The van der Waals surface area contributed by atoms with E-state index in [0.29, 0.717) is 24.3 Å². The molecule has 0 saturated carbocycles. The highest BCUT2D eigenvalue weighted by Gasteiger charge is 2.37. The van der Waals surface area contributed by atoms with E-state index >= 15 is 0 Å². The summed E-state index contributed by atoms with van der Waals surface area (Å²) in [6.45, 7) is 1.01. The SMILES string of the molecule is O=C1c2ccccc2C(=O)N1OCC1OCCO1. The second kappa shape index (κ2) is 4.49. The maximum atomic E-state index is 11.9. The molecule has 2 heterocycles. The maximum Gasteiger partial charge on any atom is 0.285 e. The molecule has 2 amide bonds. The highest BCUT2D eigenvalue weighted by atomic mass is 16.8. The summed E-state index contributed by atoms with van der Waals surface area (Å²) in [5, 5.41) is 0.760. The molecule has 3 rings (SSSR count). The Morgan fingerprint density at radius 3 is 2.22 bits per heavy atom. The summed E-state index contributed by atoms with van der Waals surface area (Å²) in [4.78, 5) is 29.0. The zero-order valence-corrected chi connectivity index (χ0v) is 9.50. The smallest absolute Gasteiger partial charge is 0.285 e. The number of hydroxylamine groups is 2. The quantitative estimate of drug-likeness (QED) is 0.733. The number of imide groups is 1. The lowest BCUT2D eigenvalue weighted by Gasteiger charge is -2.15. The van der Waals surface area contributed by atoms with E-state index in [9.17, 15) is 9.59 Å². The van der Waals surface area contributed by atoms with Crippen LogP contribution in [0.1, 0.15) is 20.7 Å². The number of carbonyl (C=O) groups is 2. The zero-order valence-electron chi connectivity index (χ0n) is 9.50. The Kier molecular flexibility index (Phi) is 2.83. The Morgan fingerprint density at radius 2 is 1.67 bits per heavy atom. The largest absolute Gasteiger partial charge is 0.348 e. The van der Waals surface area contributed by atoms with Gasteiger partial charge in [-0.1, -0.05) is 12.1 Å². The first kappa shape index (κ1) is 11.3. The number of fused-ring (bicyclic) bond motifs is 1. The first-order chi connectivity index (χ1) is 8.77. The van der Waals surface area contributed by atoms with Crippen LogP contribution in [-0.2, 0) is 14.3 Å². The van der Waals surface area contributed by atoms with Crippen molar-refractivity contribution in [1.29, 1.82) is 0 Å². The zero-order chi connectivity index (χ0) is 12.5. The highest BCUT2D eigenvalue weighted by Crippen LogP contribution is 2.22. The van der Waals surface area contributed by atoms with Crippen molar-refractivity contribution in [3.63, 3.8) is 0 Å². The topological polar surface area (TPSA) is 65.1 Å². The maximum absolute atomic E-state index is 11.9. The van der Waals surface area contributed by atoms with Crippen LogP contribution in [-0.4, -0.2) is 43.0 Å². The molecular weight excluding hydrogens is 238 g/mol. The molecule has 1 aromatic carbocycles. The average Bonchev–Trinajstić information content (AvgIpc) is 2.98. The van der Waals surface area contributed by atoms with E-state index in [1.165, 1.54) is 0 Å². The lowest BCUT2D eigenvalue weighted by Crippen LogP contribution is -2.33. The van der Waals surface area contributed by atoms with Crippen molar-refractivity contribution < 1.29 is 23.9 Å². The Morgan fingerprint density at radius 1 is 1.11 bits per heavy atom. The number of hydrogen-bond acceptors (Lipinski definition) is 5. The van der Waals surface area contributed by atoms with Crippen molar-refractivity contribution in [3.8, 4) is 0 Å². The standard InChI is InChI=1S/C12H11NO5/c14-11-8-3-1-2-4-9(8)12(15)13(11)18-7-10-16-5-6-17-10/h1-4,10H,5-7H2. The van der Waals surface area contributed by atoms with Gasteiger partial charge in [-0.2, -0.15) is 0 Å². The third-order valence-electron chi connectivity index (χ3n) is 2.79. The molecule has 94 valence electrons. The van der Waals surface area contributed by atoms with Gasteiger partial charge in [-0.05, 0) is 12.1 Å². The number of nitrogens with zero attached hydrogens (tertiary/aromatic N) is 1. The van der Waals surface area contributed by atoms with E-state index in [1.54, 1.807) is 24.3 Å². The van der Waals surface area contributed by atoms with Gasteiger partial charge in [-0.25, -0.2) is 0 Å². The predicted octanol–water partition coefficient (Wildman–Crippen LogP) is 0.587. The van der Waals surface area contributed by atoms with Crippen LogP contribution in [0.3, 0.4) is 0 Å². The van der Waals surface area contributed by atoms with Crippen LogP contribution < -0.4 is 0 Å². The number of amides is 2. The van der Waals surface area contributed by atoms with Crippen molar-refractivity contribution in [2.45, 2.75) is 6.29 Å². The molecule has 2 aliphatic rings. The molecule has 6 heteroatoms. The molecule has 2 aliphatic heterocycles. The normalized spacial score (nSPS) is 19.7. The second-order valence-electron chi connectivity index (χ2n) is 3.92. The Labute approximate surface area is 103 Å². The van der Waals surface area contributed by atoms with Gasteiger partial charge in [0, 0.05) is 0 Å². The molecule has 0 bridgehead atoms. The number of benzene rings is 1. The van der Waals surface area contributed by atoms with Crippen molar-refractivity contribution in [2.75, 3.05) is 19.8 Å². The van der Waals surface area contributed by atoms with Crippen LogP contribution in [0.2, 0.25) is 0 Å². The molecule has 0 N–H and O–H groups in total. The lowest BCUT2D eigenvalue weighted by molar-refractivity contribution is -0.163. The van der Waals surface area contributed by atoms with Crippen LogP contribution in [0, 0.1) is 0 Å². The van der Waals surface area contributed by atoms with E-state index in [1.807, 2.05) is 0 Å². The molecule has 0 aromatic heterocycles. The Hall–Kier alpha value is -1.76. The van der Waals surface area contributed by atoms with Gasteiger partial charge in [-0.3, -0.25) is 14.4 Å². The molecule has 6 nitrogen and oxygen atoms in total. The second-order valence-corrected chi connectivity index (χ2v) is 3.92. The van der Waals surface area contributed by atoms with E-state index in [0.717, 1.165) is 5.06 Å². The minimum atomic E-state index is -0.519. The van der Waals surface area contributed by atoms with Gasteiger partial charge in [0.2, 0.25) is 0 Å². The van der Waals surface area contributed by atoms with Crippen LogP contribution in [0.25, 0.3) is 0 Å². The monoisotopic (exact) mass is 249 g/mol. The van der Waals surface area contributed by atoms with Gasteiger partial charge in [0.15, 0.2) is 6.29 Å². The summed E-state index contributed by atoms with van der Waals surface area (Å²) in [5.41, 5.74) is 0.714. The van der Waals surface area contributed by atoms with E-state index in [-0.39, 0.29) is 6.61 Å². The van der Waals surface area contributed by atoms with E-state index in [2.05, 4.69) is 0 Å². The average molecular weight is 249 g/mol. The van der Waals surface area contributed by atoms with Gasteiger partial charge < -0.3 is 9.47 Å². The first-order valence-electron chi connectivity index (χ1n) is 5.61. The van der Waals surface area contributed by atoms with Crippen molar-refractivity contribution in [2.24, 2.45) is 0 Å². The van der Waals surface area contributed by atoms with Gasteiger partial charge in [0.05, 0.1) is 24.3 Å². The fourth-order valence-electron chi connectivity index (χ4n) is 1.92. The summed E-state index contributed by atoms with van der Waals surface area (Å²) in [6, 6.07) is 6.61. The third-order valence-corrected chi connectivity index (χ3v) is 2.79. The first-order valence-corrected chi connectivity index (χ1v) is 5.61. The number of carbonyl (C=O) groups excluding carboxylic acids is 2. The van der Waals surface area contributed by atoms with Gasteiger partial charge in [0.25, 0.3) is 11.8 Å². The highest BCUT2D eigenvalue weighted by molar-refractivity contribution is 6.20. The molecule has 0 unspecified atom stereocenters. The third kappa shape index (κ3) is 1.80. The van der Waals surface area contributed by atoms with Gasteiger partial charge >= 0.3 is 0 Å². The van der Waals surface area contributed by atoms with E-state index < -0.39 is 18.1 Å². The van der Waals surface area contributed by atoms with E-state index in [4.69, 9.17) is 14.3 Å². The fraction of sp³-hybridized carbons (Fsp3) is 0.333. The molecule has 1 aromatic rings. The molecule has 0 spiro atoms. The molecule has 1 saturated heterocycles. The molecule has 0 radical (unpaired) electrons. The van der Waals surface area contributed by atoms with Crippen molar-refractivity contribution >= 4 is 11.8 Å². The molecule has 1 fully saturated rings. The van der Waals surface area contributed by atoms with Gasteiger partial charge in [-0.15, -0.1) is 5.06 Å². The summed E-state index contributed by atoms with van der Waals surface area (Å²) in [7, 11) is 0. The molecule has 0 atom stereocenters. The summed E-state index contributed by atoms with van der Waals surface area (Å²) >= 11 is 0. The minimum absolute atomic E-state index is 0.0193. The van der Waals surface area contributed by atoms with Crippen LogP contribution in [0.4, 0.5) is 0 Å². The number of hydrogen-bond donors (Lipinski definition) is 0. The Bertz CT molecular complexity index is 460. The number of rotatable bonds is 3. The van der Waals surface area contributed by atoms with Crippen molar-refractivity contribution in [3.05, 3.63) is 35.4 Å². The number of ether oxygens (including phenoxy) is 2. The summed E-state index contributed by atoms with van der Waals surface area (Å²) in [6.07, 6.45) is -0.519. The van der Waals surface area contributed by atoms with Crippen LogP contribution in [0.15, 0.2) is 24.3 Å². The molecular formula is C12H11NO5. The van der Waals surface area contributed by atoms with Gasteiger partial charge in [0.1, 0.15) is 6.61 Å². The minimum Gasteiger partial charge on any atom is -0.348 e. The Balaban J connectivity index is 1.71. The van der Waals surface area contributed by atoms with Crippen LogP contribution in [0.5, 0.6) is 0 Å².